The standard InChI is InChI=1S/C9H7Cl2NO4/c1-16-9(13)8-5(4-10)7(12(14)15)3-2-6(8)11/h2-3H,4H2,1H3. The van der Waals surface area contributed by atoms with E-state index in [-0.39, 0.29) is 27.7 Å². The third kappa shape index (κ3) is 2.25. The Hall–Kier alpha value is -1.33. The molecule has 0 radical (unpaired) electrons. The van der Waals surface area contributed by atoms with E-state index in [0.29, 0.717) is 0 Å². The second kappa shape index (κ2) is 5.14. The molecule has 0 aliphatic carbocycles. The first-order valence-corrected chi connectivity index (χ1v) is 5.04. The van der Waals surface area contributed by atoms with Crippen molar-refractivity contribution in [1.29, 1.82) is 0 Å². The molecule has 86 valence electrons. The summed E-state index contributed by atoms with van der Waals surface area (Å²) >= 11 is 11.4. The first-order valence-electron chi connectivity index (χ1n) is 4.13. The number of nitro groups is 1. The van der Waals surface area contributed by atoms with Gasteiger partial charge < -0.3 is 4.74 Å². The van der Waals surface area contributed by atoms with Gasteiger partial charge in [0.1, 0.15) is 0 Å². The van der Waals surface area contributed by atoms with Crippen LogP contribution in [0.2, 0.25) is 5.02 Å². The van der Waals surface area contributed by atoms with Crippen LogP contribution in [0.25, 0.3) is 0 Å². The van der Waals surface area contributed by atoms with E-state index in [2.05, 4.69) is 4.74 Å². The van der Waals surface area contributed by atoms with E-state index < -0.39 is 10.9 Å². The summed E-state index contributed by atoms with van der Waals surface area (Å²) < 4.78 is 4.49. The lowest BCUT2D eigenvalue weighted by Gasteiger charge is -2.07. The van der Waals surface area contributed by atoms with E-state index in [4.69, 9.17) is 23.2 Å². The first kappa shape index (κ1) is 12.7. The van der Waals surface area contributed by atoms with Crippen LogP contribution in [0.15, 0.2) is 12.1 Å². The normalized spacial score (nSPS) is 9.94. The van der Waals surface area contributed by atoms with Gasteiger partial charge in [-0.05, 0) is 6.07 Å². The minimum atomic E-state index is -0.746. The van der Waals surface area contributed by atoms with Gasteiger partial charge in [-0.15, -0.1) is 11.6 Å². The van der Waals surface area contributed by atoms with Crippen LogP contribution in [0.1, 0.15) is 15.9 Å². The minimum absolute atomic E-state index is 0.0611. The number of nitrogens with zero attached hydrogens (tertiary/aromatic N) is 1. The Labute approximate surface area is 101 Å². The van der Waals surface area contributed by atoms with Crippen LogP contribution in [-0.4, -0.2) is 18.0 Å². The average Bonchev–Trinajstić information content (AvgIpc) is 2.26. The van der Waals surface area contributed by atoms with Gasteiger partial charge in [0.25, 0.3) is 5.69 Å². The number of carbonyl (C=O) groups excluding carboxylic acids is 1. The SMILES string of the molecule is COC(=O)c1c(Cl)ccc([N+](=O)[O-])c1CCl. The molecule has 0 amide bonds. The van der Waals surface area contributed by atoms with E-state index >= 15 is 0 Å². The lowest BCUT2D eigenvalue weighted by Crippen LogP contribution is -2.08. The number of esters is 1. The van der Waals surface area contributed by atoms with Crippen molar-refractivity contribution in [2.24, 2.45) is 0 Å². The molecule has 5 nitrogen and oxygen atoms in total. The third-order valence-electron chi connectivity index (χ3n) is 1.96. The van der Waals surface area contributed by atoms with Gasteiger partial charge in [0.2, 0.25) is 0 Å². The highest BCUT2D eigenvalue weighted by Gasteiger charge is 2.24. The zero-order chi connectivity index (χ0) is 12.3. The second-order valence-electron chi connectivity index (χ2n) is 2.80. The van der Waals surface area contributed by atoms with Gasteiger partial charge in [-0.1, -0.05) is 11.6 Å². The fraction of sp³-hybridized carbons (Fsp3) is 0.222. The maximum Gasteiger partial charge on any atom is 0.339 e. The first-order chi connectivity index (χ1) is 7.52. The van der Waals surface area contributed by atoms with E-state index in [9.17, 15) is 14.9 Å². The van der Waals surface area contributed by atoms with Crippen LogP contribution >= 0.6 is 23.2 Å². The molecule has 16 heavy (non-hydrogen) atoms. The molecule has 0 aromatic heterocycles. The molecule has 0 aliphatic rings. The summed E-state index contributed by atoms with van der Waals surface area (Å²) in [5.41, 5.74) is -0.251. The van der Waals surface area contributed by atoms with Crippen LogP contribution in [0, 0.1) is 10.1 Å². The summed E-state index contributed by atoms with van der Waals surface area (Å²) in [6, 6.07) is 2.47. The summed E-state index contributed by atoms with van der Waals surface area (Å²) in [5.74, 6) is -0.939. The number of halogens is 2. The maximum atomic E-state index is 11.4. The average molecular weight is 264 g/mol. The van der Waals surface area contributed by atoms with E-state index in [0.717, 1.165) is 7.11 Å². The Morgan fingerprint density at radius 2 is 2.19 bits per heavy atom. The molecule has 0 saturated carbocycles. The molecule has 0 heterocycles. The molecule has 7 heteroatoms. The summed E-state index contributed by atoms with van der Waals surface area (Å²) in [5, 5.41) is 10.8. The van der Waals surface area contributed by atoms with Crippen molar-refractivity contribution < 1.29 is 14.5 Å². The van der Waals surface area contributed by atoms with Crippen molar-refractivity contribution in [3.8, 4) is 0 Å². The molecule has 0 unspecified atom stereocenters. The van der Waals surface area contributed by atoms with Gasteiger partial charge in [0.05, 0.1) is 34.1 Å². The second-order valence-corrected chi connectivity index (χ2v) is 3.48. The van der Waals surface area contributed by atoms with E-state index in [1.54, 1.807) is 0 Å². The summed E-state index contributed by atoms with van der Waals surface area (Å²) in [6.07, 6.45) is 0. The van der Waals surface area contributed by atoms with Crippen LogP contribution < -0.4 is 0 Å². The van der Waals surface area contributed by atoms with Crippen LogP contribution in [0.4, 0.5) is 5.69 Å². The number of ether oxygens (including phenoxy) is 1. The minimum Gasteiger partial charge on any atom is -0.465 e. The largest absolute Gasteiger partial charge is 0.465 e. The molecular weight excluding hydrogens is 257 g/mol. The fourth-order valence-corrected chi connectivity index (χ4v) is 1.76. The van der Waals surface area contributed by atoms with Crippen LogP contribution in [0.3, 0.4) is 0 Å². The van der Waals surface area contributed by atoms with Gasteiger partial charge in [-0.2, -0.15) is 0 Å². The van der Waals surface area contributed by atoms with Gasteiger partial charge in [-0.3, -0.25) is 10.1 Å². The van der Waals surface area contributed by atoms with Crippen molar-refractivity contribution in [3.63, 3.8) is 0 Å². The van der Waals surface area contributed by atoms with Crippen molar-refractivity contribution in [3.05, 3.63) is 38.4 Å². The molecule has 0 N–H and O–H groups in total. The van der Waals surface area contributed by atoms with Crippen molar-refractivity contribution in [2.75, 3.05) is 7.11 Å². The predicted octanol–water partition coefficient (Wildman–Crippen LogP) is 2.77. The number of alkyl halides is 1. The quantitative estimate of drug-likeness (QED) is 0.364. The predicted molar refractivity (Wildman–Crippen MR) is 59.0 cm³/mol. The molecule has 0 saturated heterocycles. The number of rotatable bonds is 3. The molecule has 0 atom stereocenters. The molecule has 1 rings (SSSR count). The molecule has 1 aromatic rings. The Balaban J connectivity index is 3.50. The molecule has 0 spiro atoms. The van der Waals surface area contributed by atoms with Crippen LogP contribution in [-0.2, 0) is 10.6 Å². The van der Waals surface area contributed by atoms with Crippen molar-refractivity contribution >= 4 is 34.9 Å². The number of nitro benzene ring substituents is 1. The highest BCUT2D eigenvalue weighted by Crippen LogP contribution is 2.30. The van der Waals surface area contributed by atoms with Crippen molar-refractivity contribution in [2.45, 2.75) is 5.88 Å². The van der Waals surface area contributed by atoms with E-state index in [1.807, 2.05) is 0 Å². The van der Waals surface area contributed by atoms with Gasteiger partial charge in [0.15, 0.2) is 0 Å². The topological polar surface area (TPSA) is 69.4 Å². The molecule has 0 fully saturated rings. The number of hydrogen-bond donors (Lipinski definition) is 0. The van der Waals surface area contributed by atoms with Gasteiger partial charge in [0, 0.05) is 6.07 Å². The zero-order valence-electron chi connectivity index (χ0n) is 8.20. The number of carbonyl (C=O) groups is 1. The Bertz CT molecular complexity index is 447. The number of methoxy groups -OCH3 is 1. The number of hydrogen-bond acceptors (Lipinski definition) is 4. The Kier molecular flexibility index (Phi) is 4.09. The third-order valence-corrected chi connectivity index (χ3v) is 2.54. The Morgan fingerprint density at radius 3 is 2.62 bits per heavy atom. The summed E-state index contributed by atoms with van der Waals surface area (Å²) in [6.45, 7) is 0. The lowest BCUT2D eigenvalue weighted by atomic mass is 10.1. The zero-order valence-corrected chi connectivity index (χ0v) is 9.71. The van der Waals surface area contributed by atoms with Gasteiger partial charge >= 0.3 is 5.97 Å². The van der Waals surface area contributed by atoms with Crippen LogP contribution in [0.5, 0.6) is 0 Å². The molecule has 0 bridgehead atoms. The maximum absolute atomic E-state index is 11.4. The molecular formula is C9H7Cl2NO4. The smallest absolute Gasteiger partial charge is 0.339 e. The highest BCUT2D eigenvalue weighted by atomic mass is 35.5. The number of benzene rings is 1. The Morgan fingerprint density at radius 1 is 1.56 bits per heavy atom. The summed E-state index contributed by atoms with van der Waals surface area (Å²) in [4.78, 5) is 21.5. The fourth-order valence-electron chi connectivity index (χ4n) is 1.24. The highest BCUT2D eigenvalue weighted by molar-refractivity contribution is 6.34. The molecule has 0 aliphatic heterocycles. The van der Waals surface area contributed by atoms with Crippen molar-refractivity contribution in [1.82, 2.24) is 0 Å². The monoisotopic (exact) mass is 263 g/mol. The molecule has 1 aromatic carbocycles. The summed E-state index contributed by atoms with van der Waals surface area (Å²) in [7, 11) is 1.16. The van der Waals surface area contributed by atoms with Gasteiger partial charge in [-0.25, -0.2) is 4.79 Å². The van der Waals surface area contributed by atoms with E-state index in [1.165, 1.54) is 12.1 Å². The lowest BCUT2D eigenvalue weighted by molar-refractivity contribution is -0.385.